The van der Waals surface area contributed by atoms with Gasteiger partial charge in [0.2, 0.25) is 0 Å². The van der Waals surface area contributed by atoms with Gasteiger partial charge in [-0.15, -0.1) is 0 Å². The van der Waals surface area contributed by atoms with Gasteiger partial charge in [-0.3, -0.25) is 14.5 Å². The maximum Gasteiger partial charge on any atom is 0.199 e. The number of para-hydroxylation sites is 1. The van der Waals surface area contributed by atoms with Crippen molar-refractivity contribution in [2.75, 3.05) is 0 Å². The van der Waals surface area contributed by atoms with Crippen LogP contribution < -0.4 is 4.74 Å². The fraction of sp³-hybridized carbons (Fsp3) is 0.118. The Morgan fingerprint density at radius 3 is 2.52 bits per heavy atom. The number of nitrogens with zero attached hydrogens (tertiary/aromatic N) is 2. The Bertz CT molecular complexity index is 867. The molecule has 1 heterocycles. The maximum atomic E-state index is 11.3. The van der Waals surface area contributed by atoms with E-state index in [9.17, 15) is 4.79 Å². The molecule has 23 heavy (non-hydrogen) atoms. The number of nitrogens with one attached hydrogen (secondary N) is 1. The number of hydrogen-bond donors (Lipinski definition) is 1. The highest BCUT2D eigenvalue weighted by molar-refractivity contribution is 7.71. The molecular weight excluding hydrogens is 310 g/mol. The van der Waals surface area contributed by atoms with Crippen LogP contribution in [-0.4, -0.2) is 20.5 Å². The first kappa shape index (κ1) is 15.2. The number of hydrogen-bond acceptors (Lipinski definition) is 4. The molecule has 0 unspecified atom stereocenters. The summed E-state index contributed by atoms with van der Waals surface area (Å²) in [5.41, 5.74) is 1.58. The molecule has 0 amide bonds. The van der Waals surface area contributed by atoms with Gasteiger partial charge >= 0.3 is 0 Å². The van der Waals surface area contributed by atoms with E-state index in [0.29, 0.717) is 21.9 Å². The molecule has 0 bridgehead atoms. The summed E-state index contributed by atoms with van der Waals surface area (Å²) in [6, 6.07) is 16.8. The molecule has 0 aliphatic rings. The van der Waals surface area contributed by atoms with Gasteiger partial charge in [0.05, 0.1) is 0 Å². The molecule has 3 rings (SSSR count). The van der Waals surface area contributed by atoms with Crippen LogP contribution in [0, 0.1) is 4.77 Å². The lowest BCUT2D eigenvalue weighted by atomic mass is 10.1. The second kappa shape index (κ2) is 6.58. The minimum atomic E-state index is 0.0292. The van der Waals surface area contributed by atoms with Crippen molar-refractivity contribution < 1.29 is 9.53 Å². The zero-order valence-corrected chi connectivity index (χ0v) is 13.3. The van der Waals surface area contributed by atoms with Crippen molar-refractivity contribution in [3.63, 3.8) is 0 Å². The first-order chi connectivity index (χ1) is 11.1. The van der Waals surface area contributed by atoms with E-state index in [1.807, 2.05) is 34.9 Å². The smallest absolute Gasteiger partial charge is 0.199 e. The van der Waals surface area contributed by atoms with E-state index in [0.717, 1.165) is 5.69 Å². The highest BCUT2D eigenvalue weighted by Gasteiger charge is 2.09. The summed E-state index contributed by atoms with van der Waals surface area (Å²) in [7, 11) is 0. The number of ether oxygens (including phenoxy) is 1. The van der Waals surface area contributed by atoms with E-state index in [-0.39, 0.29) is 12.4 Å². The minimum absolute atomic E-state index is 0.0292. The molecule has 0 saturated carbocycles. The third kappa shape index (κ3) is 3.37. The first-order valence-corrected chi connectivity index (χ1v) is 7.51. The van der Waals surface area contributed by atoms with E-state index in [4.69, 9.17) is 17.0 Å². The van der Waals surface area contributed by atoms with E-state index < -0.39 is 0 Å². The Morgan fingerprint density at radius 1 is 1.17 bits per heavy atom. The number of benzene rings is 2. The molecule has 0 saturated heterocycles. The van der Waals surface area contributed by atoms with Gasteiger partial charge in [0.25, 0.3) is 0 Å². The van der Waals surface area contributed by atoms with Gasteiger partial charge in [0.1, 0.15) is 12.4 Å². The van der Waals surface area contributed by atoms with Crippen molar-refractivity contribution in [1.29, 1.82) is 0 Å². The van der Waals surface area contributed by atoms with Crippen LogP contribution in [0.1, 0.15) is 23.1 Å². The predicted octanol–water partition coefficient (Wildman–Crippen LogP) is 3.71. The van der Waals surface area contributed by atoms with Crippen molar-refractivity contribution in [2.24, 2.45) is 0 Å². The summed E-state index contributed by atoms with van der Waals surface area (Å²) < 4.78 is 8.09. The van der Waals surface area contributed by atoms with Gasteiger partial charge in [-0.2, -0.15) is 5.10 Å². The van der Waals surface area contributed by atoms with Crippen LogP contribution in [0.25, 0.3) is 5.69 Å². The number of H-pyrrole nitrogens is 1. The highest BCUT2D eigenvalue weighted by Crippen LogP contribution is 2.16. The zero-order valence-electron chi connectivity index (χ0n) is 12.5. The van der Waals surface area contributed by atoms with Crippen LogP contribution in [0.3, 0.4) is 0 Å². The lowest BCUT2D eigenvalue weighted by molar-refractivity contribution is 0.101. The average molecular weight is 325 g/mol. The molecule has 0 fully saturated rings. The molecule has 0 atom stereocenters. The third-order valence-electron chi connectivity index (χ3n) is 3.38. The molecule has 0 aliphatic heterocycles. The fourth-order valence-corrected chi connectivity index (χ4v) is 2.46. The Kier molecular flexibility index (Phi) is 4.34. The number of aromatic amines is 1. The van der Waals surface area contributed by atoms with Crippen LogP contribution in [0.15, 0.2) is 54.6 Å². The van der Waals surface area contributed by atoms with Gasteiger partial charge in [0, 0.05) is 11.3 Å². The van der Waals surface area contributed by atoms with E-state index >= 15 is 0 Å². The minimum Gasteiger partial charge on any atom is -0.486 e. The predicted molar refractivity (Wildman–Crippen MR) is 89.5 cm³/mol. The highest BCUT2D eigenvalue weighted by atomic mass is 32.1. The van der Waals surface area contributed by atoms with Crippen molar-refractivity contribution in [2.45, 2.75) is 13.5 Å². The van der Waals surface area contributed by atoms with E-state index in [1.165, 1.54) is 6.92 Å². The lowest BCUT2D eigenvalue weighted by Gasteiger charge is -2.08. The number of Topliss-reactive ketones (excluding diaryl/α,β-unsaturated/α-hetero) is 1. The van der Waals surface area contributed by atoms with Crippen molar-refractivity contribution in [3.05, 3.63) is 70.8 Å². The number of ketones is 1. The largest absolute Gasteiger partial charge is 0.486 e. The van der Waals surface area contributed by atoms with Gasteiger partial charge in [-0.05, 0) is 55.5 Å². The van der Waals surface area contributed by atoms with Gasteiger partial charge in [-0.1, -0.05) is 18.2 Å². The SMILES string of the molecule is CC(=O)c1ccc(OCc2n[nH]c(=S)n2-c2ccccc2)cc1. The average Bonchev–Trinajstić information content (AvgIpc) is 2.95. The third-order valence-corrected chi connectivity index (χ3v) is 3.66. The van der Waals surface area contributed by atoms with E-state index in [2.05, 4.69) is 10.2 Å². The van der Waals surface area contributed by atoms with Crippen molar-refractivity contribution in [3.8, 4) is 11.4 Å². The quantitative estimate of drug-likeness (QED) is 0.574. The Balaban J connectivity index is 1.79. The first-order valence-electron chi connectivity index (χ1n) is 7.10. The van der Waals surface area contributed by atoms with Gasteiger partial charge in [0.15, 0.2) is 16.4 Å². The molecule has 1 N–H and O–H groups in total. The molecule has 0 radical (unpaired) electrons. The summed E-state index contributed by atoms with van der Waals surface area (Å²) in [6.07, 6.45) is 0. The number of rotatable bonds is 5. The standard InChI is InChI=1S/C17H15N3O2S/c1-12(21)13-7-9-15(10-8-13)22-11-16-18-19-17(23)20(16)14-5-3-2-4-6-14/h2-10H,11H2,1H3,(H,19,23). The summed E-state index contributed by atoms with van der Waals surface area (Å²) in [4.78, 5) is 11.3. The Hall–Kier alpha value is -2.73. The van der Waals surface area contributed by atoms with Gasteiger partial charge in [-0.25, -0.2) is 0 Å². The Labute approximate surface area is 138 Å². The zero-order chi connectivity index (χ0) is 16.2. The number of carbonyl (C=O) groups is 1. The summed E-state index contributed by atoms with van der Waals surface area (Å²) in [6.45, 7) is 1.80. The topological polar surface area (TPSA) is 59.9 Å². The fourth-order valence-electron chi connectivity index (χ4n) is 2.20. The normalized spacial score (nSPS) is 10.5. The van der Waals surface area contributed by atoms with Crippen LogP contribution in [0.5, 0.6) is 5.75 Å². The summed E-state index contributed by atoms with van der Waals surface area (Å²) in [5.74, 6) is 1.38. The molecule has 6 heteroatoms. The summed E-state index contributed by atoms with van der Waals surface area (Å²) in [5, 5.41) is 7.01. The summed E-state index contributed by atoms with van der Waals surface area (Å²) >= 11 is 5.28. The van der Waals surface area contributed by atoms with Crippen molar-refractivity contribution in [1.82, 2.24) is 14.8 Å². The van der Waals surface area contributed by atoms with Crippen LogP contribution in [-0.2, 0) is 6.61 Å². The van der Waals surface area contributed by atoms with Crippen LogP contribution in [0.2, 0.25) is 0 Å². The molecule has 1 aromatic heterocycles. The van der Waals surface area contributed by atoms with E-state index in [1.54, 1.807) is 24.3 Å². The second-order valence-electron chi connectivity index (χ2n) is 4.99. The van der Waals surface area contributed by atoms with Crippen molar-refractivity contribution >= 4 is 18.0 Å². The van der Waals surface area contributed by atoms with Crippen LogP contribution >= 0.6 is 12.2 Å². The number of aromatic nitrogens is 3. The maximum absolute atomic E-state index is 11.3. The lowest BCUT2D eigenvalue weighted by Crippen LogP contribution is -2.05. The molecule has 116 valence electrons. The number of carbonyl (C=O) groups excluding carboxylic acids is 1. The molecule has 5 nitrogen and oxygen atoms in total. The van der Waals surface area contributed by atoms with Crippen LogP contribution in [0.4, 0.5) is 0 Å². The Morgan fingerprint density at radius 2 is 1.87 bits per heavy atom. The molecule has 3 aromatic rings. The molecular formula is C17H15N3O2S. The molecule has 0 aliphatic carbocycles. The second-order valence-corrected chi connectivity index (χ2v) is 5.37. The monoisotopic (exact) mass is 325 g/mol. The molecule has 2 aromatic carbocycles. The molecule has 0 spiro atoms. The van der Waals surface area contributed by atoms with Gasteiger partial charge < -0.3 is 4.74 Å².